The van der Waals surface area contributed by atoms with Gasteiger partial charge in [-0.15, -0.1) is 0 Å². The fourth-order valence-electron chi connectivity index (χ4n) is 2.54. The Hall–Kier alpha value is -0.900. The van der Waals surface area contributed by atoms with Gasteiger partial charge in [0.1, 0.15) is 5.82 Å². The molecule has 0 amide bonds. The van der Waals surface area contributed by atoms with E-state index in [2.05, 4.69) is 22.1 Å². The molecule has 0 saturated heterocycles. The fraction of sp³-hybridized carbons (Fsp3) is 0.833. The Kier molecular flexibility index (Phi) is 2.28. The van der Waals surface area contributed by atoms with Crippen molar-refractivity contribution in [1.82, 2.24) is 15.2 Å². The molecule has 1 aromatic rings. The number of aromatic amines is 1. The van der Waals surface area contributed by atoms with E-state index >= 15 is 0 Å². The summed E-state index contributed by atoms with van der Waals surface area (Å²) < 4.78 is 0. The number of rotatable bonds is 2. The molecule has 0 unspecified atom stereocenters. The molecule has 4 heteroatoms. The number of nitrogens with zero attached hydrogens (tertiary/aromatic N) is 2. The Labute approximate surface area is 96.0 Å². The van der Waals surface area contributed by atoms with Crippen LogP contribution in [0.5, 0.6) is 0 Å². The van der Waals surface area contributed by atoms with Crippen LogP contribution in [0.15, 0.2) is 0 Å². The number of hydrogen-bond donors (Lipinski definition) is 2. The van der Waals surface area contributed by atoms with E-state index in [9.17, 15) is 0 Å². The molecule has 3 rings (SSSR count). The smallest absolute Gasteiger partial charge is 0.170 e. The summed E-state index contributed by atoms with van der Waals surface area (Å²) in [4.78, 5) is 4.60. The van der Waals surface area contributed by atoms with Crippen LogP contribution in [0, 0.1) is 5.92 Å². The van der Waals surface area contributed by atoms with Crippen molar-refractivity contribution >= 4 is 0 Å². The van der Waals surface area contributed by atoms with Gasteiger partial charge in [0.15, 0.2) is 5.82 Å². The van der Waals surface area contributed by atoms with Gasteiger partial charge < -0.3 is 5.73 Å². The molecule has 0 radical (unpaired) electrons. The van der Waals surface area contributed by atoms with E-state index in [0.29, 0.717) is 5.92 Å². The fourth-order valence-corrected chi connectivity index (χ4v) is 2.54. The quantitative estimate of drug-likeness (QED) is 0.801. The van der Waals surface area contributed by atoms with Crippen LogP contribution in [-0.2, 0) is 5.54 Å². The minimum absolute atomic E-state index is 0.268. The van der Waals surface area contributed by atoms with Gasteiger partial charge in [0.05, 0.1) is 5.54 Å². The van der Waals surface area contributed by atoms with Crippen molar-refractivity contribution in [2.24, 2.45) is 11.7 Å². The van der Waals surface area contributed by atoms with Crippen LogP contribution in [0.1, 0.15) is 63.0 Å². The van der Waals surface area contributed by atoms with Crippen molar-refractivity contribution < 1.29 is 0 Å². The summed E-state index contributed by atoms with van der Waals surface area (Å²) in [6.07, 6.45) is 6.95. The Morgan fingerprint density at radius 1 is 1.25 bits per heavy atom. The third-order valence-corrected chi connectivity index (χ3v) is 4.08. The molecule has 88 valence electrons. The van der Waals surface area contributed by atoms with E-state index in [1.165, 1.54) is 25.7 Å². The average Bonchev–Trinajstić information content (AvgIpc) is 3.01. The van der Waals surface area contributed by atoms with Gasteiger partial charge in [-0.2, -0.15) is 5.10 Å². The first-order chi connectivity index (χ1) is 7.67. The molecule has 2 aliphatic rings. The van der Waals surface area contributed by atoms with E-state index in [1.807, 2.05) is 0 Å². The molecule has 0 aromatic carbocycles. The lowest BCUT2D eigenvalue weighted by atomic mass is 9.77. The van der Waals surface area contributed by atoms with Gasteiger partial charge in [0.25, 0.3) is 0 Å². The normalized spacial score (nSPS) is 35.2. The second-order valence-corrected chi connectivity index (χ2v) is 5.66. The summed E-state index contributed by atoms with van der Waals surface area (Å²) in [5.41, 5.74) is 6.16. The van der Waals surface area contributed by atoms with Gasteiger partial charge in [0.2, 0.25) is 0 Å². The molecule has 0 atom stereocenters. The van der Waals surface area contributed by atoms with Crippen LogP contribution in [0.2, 0.25) is 0 Å². The second kappa shape index (κ2) is 3.55. The van der Waals surface area contributed by atoms with Crippen LogP contribution in [0.25, 0.3) is 0 Å². The summed E-state index contributed by atoms with van der Waals surface area (Å²) in [7, 11) is 0. The van der Waals surface area contributed by atoms with Gasteiger partial charge in [-0.3, -0.25) is 5.10 Å². The highest BCUT2D eigenvalue weighted by Gasteiger charge is 2.37. The summed E-state index contributed by atoms with van der Waals surface area (Å²) in [6.45, 7) is 2.30. The minimum atomic E-state index is -0.268. The van der Waals surface area contributed by atoms with Gasteiger partial charge in [0, 0.05) is 5.92 Å². The highest BCUT2D eigenvalue weighted by Crippen LogP contribution is 2.40. The Morgan fingerprint density at radius 2 is 1.94 bits per heavy atom. The summed E-state index contributed by atoms with van der Waals surface area (Å²) in [5, 5.41) is 7.40. The first-order valence-corrected chi connectivity index (χ1v) is 6.39. The molecule has 16 heavy (non-hydrogen) atoms. The summed E-state index contributed by atoms with van der Waals surface area (Å²) in [5.74, 6) is 3.34. The van der Waals surface area contributed by atoms with Crippen LogP contribution < -0.4 is 5.73 Å². The van der Waals surface area contributed by atoms with Gasteiger partial charge in [-0.05, 0) is 44.4 Å². The first-order valence-electron chi connectivity index (χ1n) is 6.39. The van der Waals surface area contributed by atoms with Crippen molar-refractivity contribution in [3.8, 4) is 0 Å². The topological polar surface area (TPSA) is 67.6 Å². The Morgan fingerprint density at radius 3 is 2.56 bits per heavy atom. The number of H-pyrrole nitrogens is 1. The molecule has 4 nitrogen and oxygen atoms in total. The Balaban J connectivity index is 1.78. The largest absolute Gasteiger partial charge is 0.319 e. The molecule has 0 bridgehead atoms. The maximum Gasteiger partial charge on any atom is 0.170 e. The van der Waals surface area contributed by atoms with Crippen molar-refractivity contribution in [3.63, 3.8) is 0 Å². The third-order valence-electron chi connectivity index (χ3n) is 4.08. The molecule has 2 aliphatic carbocycles. The van der Waals surface area contributed by atoms with Gasteiger partial charge >= 0.3 is 0 Å². The molecular weight excluding hydrogens is 200 g/mol. The van der Waals surface area contributed by atoms with E-state index in [4.69, 9.17) is 5.73 Å². The number of nitrogens with two attached hydrogens (primary N) is 1. The summed E-state index contributed by atoms with van der Waals surface area (Å²) in [6, 6.07) is 0. The second-order valence-electron chi connectivity index (χ2n) is 5.66. The zero-order valence-corrected chi connectivity index (χ0v) is 9.87. The van der Waals surface area contributed by atoms with E-state index in [-0.39, 0.29) is 5.54 Å². The molecule has 2 fully saturated rings. The number of hydrogen-bond acceptors (Lipinski definition) is 3. The zero-order valence-electron chi connectivity index (χ0n) is 9.87. The molecular formula is C12H20N4. The van der Waals surface area contributed by atoms with Crippen LogP contribution >= 0.6 is 0 Å². The highest BCUT2D eigenvalue weighted by molar-refractivity contribution is 5.11. The van der Waals surface area contributed by atoms with Crippen molar-refractivity contribution in [2.75, 3.05) is 0 Å². The van der Waals surface area contributed by atoms with Gasteiger partial charge in [-0.1, -0.05) is 6.92 Å². The number of nitrogens with one attached hydrogen (secondary N) is 1. The predicted octanol–water partition coefficient (Wildman–Crippen LogP) is 2.05. The molecule has 3 N–H and O–H groups in total. The van der Waals surface area contributed by atoms with Crippen LogP contribution in [0.4, 0.5) is 0 Å². The van der Waals surface area contributed by atoms with Gasteiger partial charge in [-0.25, -0.2) is 4.98 Å². The third kappa shape index (κ3) is 1.75. The highest BCUT2D eigenvalue weighted by atomic mass is 15.2. The summed E-state index contributed by atoms with van der Waals surface area (Å²) >= 11 is 0. The van der Waals surface area contributed by atoms with Crippen molar-refractivity contribution in [1.29, 1.82) is 0 Å². The lowest BCUT2D eigenvalue weighted by Gasteiger charge is -2.33. The SMILES string of the molecule is CC1CCC(N)(c2n[nH]c(C3CC3)n2)CC1. The van der Waals surface area contributed by atoms with E-state index < -0.39 is 0 Å². The zero-order chi connectivity index (χ0) is 11.2. The lowest BCUT2D eigenvalue weighted by molar-refractivity contribution is 0.237. The molecule has 1 aromatic heterocycles. The minimum Gasteiger partial charge on any atom is -0.319 e. The first kappa shape index (κ1) is 10.3. The maximum atomic E-state index is 6.43. The van der Waals surface area contributed by atoms with Crippen LogP contribution in [-0.4, -0.2) is 15.2 Å². The lowest BCUT2D eigenvalue weighted by Crippen LogP contribution is -2.41. The molecule has 0 spiro atoms. The maximum absolute atomic E-state index is 6.43. The molecule has 2 saturated carbocycles. The van der Waals surface area contributed by atoms with E-state index in [1.54, 1.807) is 0 Å². The molecule has 0 aliphatic heterocycles. The average molecular weight is 220 g/mol. The Bertz CT molecular complexity index is 372. The molecule has 1 heterocycles. The standard InChI is InChI=1S/C12H20N4/c1-8-4-6-12(13,7-5-8)11-14-10(15-16-11)9-2-3-9/h8-9H,2-7,13H2,1H3,(H,14,15,16). The van der Waals surface area contributed by atoms with E-state index in [0.717, 1.165) is 30.4 Å². The van der Waals surface area contributed by atoms with Crippen molar-refractivity contribution in [3.05, 3.63) is 11.6 Å². The monoisotopic (exact) mass is 220 g/mol. The van der Waals surface area contributed by atoms with Crippen LogP contribution in [0.3, 0.4) is 0 Å². The van der Waals surface area contributed by atoms with Crippen molar-refractivity contribution in [2.45, 2.75) is 56.9 Å². The number of aromatic nitrogens is 3. The predicted molar refractivity (Wildman–Crippen MR) is 61.9 cm³/mol.